The zero-order chi connectivity index (χ0) is 19.5. The molecule has 0 spiro atoms. The lowest BCUT2D eigenvalue weighted by Crippen LogP contribution is -2.43. The largest absolute Gasteiger partial charge is 0.494 e. The van der Waals surface area contributed by atoms with E-state index in [9.17, 15) is 14.7 Å². The normalized spacial score (nSPS) is 18.0. The van der Waals surface area contributed by atoms with Gasteiger partial charge in [0.2, 0.25) is 5.88 Å². The number of aromatic amines is 2. The van der Waals surface area contributed by atoms with Crippen LogP contribution >= 0.6 is 0 Å². The Kier molecular flexibility index (Phi) is 3.82. The smallest absolute Gasteiger partial charge is 0.331 e. The van der Waals surface area contributed by atoms with Crippen molar-refractivity contribution in [2.75, 3.05) is 13.6 Å². The van der Waals surface area contributed by atoms with E-state index in [-0.39, 0.29) is 11.4 Å². The average Bonchev–Trinajstić information content (AvgIpc) is 2.93. The average molecular weight is 368 g/mol. The molecule has 0 amide bonds. The van der Waals surface area contributed by atoms with E-state index < -0.39 is 22.8 Å². The third-order valence-corrected chi connectivity index (χ3v) is 5.34. The number of nitrogens with one attached hydrogen (secondary N) is 2. The van der Waals surface area contributed by atoms with Gasteiger partial charge in [-0.05, 0) is 45.9 Å². The number of aromatic nitrogens is 3. The summed E-state index contributed by atoms with van der Waals surface area (Å²) in [5, 5.41) is 12.1. The lowest BCUT2D eigenvalue weighted by molar-refractivity contribution is 0.241. The molecule has 1 atom stereocenters. The second kappa shape index (κ2) is 5.85. The molecule has 0 bridgehead atoms. The zero-order valence-corrected chi connectivity index (χ0v) is 16.0. The van der Waals surface area contributed by atoms with Gasteiger partial charge in [0.05, 0.1) is 6.04 Å². The maximum absolute atomic E-state index is 12.7. The molecule has 142 valence electrons. The van der Waals surface area contributed by atoms with E-state index in [1.165, 1.54) is 4.57 Å². The molecule has 4 rings (SSSR count). The fourth-order valence-corrected chi connectivity index (χ4v) is 4.13. The second-order valence-corrected chi connectivity index (χ2v) is 8.20. The highest BCUT2D eigenvalue weighted by molar-refractivity contribution is 5.85. The number of H-pyrrole nitrogens is 2. The van der Waals surface area contributed by atoms with Crippen molar-refractivity contribution in [2.45, 2.75) is 38.8 Å². The number of para-hydroxylation sites is 1. The first-order chi connectivity index (χ1) is 12.7. The van der Waals surface area contributed by atoms with Crippen LogP contribution in [0.1, 0.15) is 43.6 Å². The first-order valence-electron chi connectivity index (χ1n) is 9.08. The summed E-state index contributed by atoms with van der Waals surface area (Å²) < 4.78 is 1.24. The lowest BCUT2D eigenvalue weighted by atomic mass is 9.93. The summed E-state index contributed by atoms with van der Waals surface area (Å²) in [6.07, 6.45) is 0.851. The summed E-state index contributed by atoms with van der Waals surface area (Å²) in [6, 6.07) is 7.57. The molecule has 2 aromatic heterocycles. The maximum atomic E-state index is 12.7. The molecule has 0 unspecified atom stereocenters. The van der Waals surface area contributed by atoms with Gasteiger partial charge in [0, 0.05) is 28.7 Å². The van der Waals surface area contributed by atoms with Gasteiger partial charge in [-0.3, -0.25) is 19.2 Å². The van der Waals surface area contributed by atoms with E-state index in [0.717, 1.165) is 35.1 Å². The number of benzene rings is 1. The van der Waals surface area contributed by atoms with Crippen LogP contribution in [0.15, 0.2) is 33.9 Å². The van der Waals surface area contributed by atoms with Crippen molar-refractivity contribution in [1.29, 1.82) is 0 Å². The number of rotatable bonds is 1. The third-order valence-electron chi connectivity index (χ3n) is 5.34. The molecule has 0 fully saturated rings. The van der Waals surface area contributed by atoms with E-state index in [4.69, 9.17) is 0 Å². The SMILES string of the molecule is CN1CCc2c([nH]c3ccccc23)[C@H]1c1c(O)n(C(C)(C)C)c(=O)[nH]c1=O. The molecule has 1 aromatic carbocycles. The van der Waals surface area contributed by atoms with Crippen molar-refractivity contribution in [3.8, 4) is 5.88 Å². The highest BCUT2D eigenvalue weighted by Gasteiger charge is 2.35. The molecule has 7 nitrogen and oxygen atoms in total. The standard InChI is InChI=1S/C20H24N4O3/c1-20(2,3)24-18(26)14(17(25)22-19(24)27)16-15-12(9-10-23(16)4)11-7-5-6-8-13(11)21-15/h5-8,16,21,26H,9-10H2,1-4H3,(H,22,25,27)/t16-/m1/s1. The zero-order valence-electron chi connectivity index (χ0n) is 16.0. The van der Waals surface area contributed by atoms with Crippen LogP contribution in [0, 0.1) is 0 Å². The molecule has 1 aliphatic rings. The molecule has 3 aromatic rings. The van der Waals surface area contributed by atoms with Crippen molar-refractivity contribution >= 4 is 10.9 Å². The van der Waals surface area contributed by atoms with E-state index in [1.54, 1.807) is 0 Å². The van der Waals surface area contributed by atoms with Crippen LogP contribution in [0.2, 0.25) is 0 Å². The monoisotopic (exact) mass is 368 g/mol. The predicted octanol–water partition coefficient (Wildman–Crippen LogP) is 2.06. The van der Waals surface area contributed by atoms with Crippen LogP contribution in [0.25, 0.3) is 10.9 Å². The molecular formula is C20H24N4O3. The van der Waals surface area contributed by atoms with E-state index in [2.05, 4.69) is 16.0 Å². The van der Waals surface area contributed by atoms with Gasteiger partial charge in [-0.15, -0.1) is 0 Å². The number of nitrogens with zero attached hydrogens (tertiary/aromatic N) is 2. The highest BCUT2D eigenvalue weighted by Crippen LogP contribution is 2.39. The summed E-state index contributed by atoms with van der Waals surface area (Å²) in [5.74, 6) is -0.278. The number of fused-ring (bicyclic) bond motifs is 3. The van der Waals surface area contributed by atoms with Crippen molar-refractivity contribution in [2.24, 2.45) is 0 Å². The van der Waals surface area contributed by atoms with Crippen LogP contribution in [-0.4, -0.2) is 38.1 Å². The Morgan fingerprint density at radius 2 is 1.85 bits per heavy atom. The van der Waals surface area contributed by atoms with Crippen molar-refractivity contribution in [3.05, 3.63) is 61.9 Å². The van der Waals surface area contributed by atoms with Crippen LogP contribution < -0.4 is 11.2 Å². The number of likely N-dealkylation sites (N-methyl/N-ethyl adjacent to an activating group) is 1. The lowest BCUT2D eigenvalue weighted by Gasteiger charge is -2.34. The molecular weight excluding hydrogens is 344 g/mol. The Morgan fingerprint density at radius 3 is 2.56 bits per heavy atom. The van der Waals surface area contributed by atoms with Crippen molar-refractivity contribution < 1.29 is 5.11 Å². The van der Waals surface area contributed by atoms with Crippen LogP contribution in [0.5, 0.6) is 5.88 Å². The van der Waals surface area contributed by atoms with Crippen molar-refractivity contribution in [1.82, 2.24) is 19.4 Å². The van der Waals surface area contributed by atoms with E-state index >= 15 is 0 Å². The van der Waals surface area contributed by atoms with Gasteiger partial charge in [0.15, 0.2) is 0 Å². The molecule has 27 heavy (non-hydrogen) atoms. The van der Waals surface area contributed by atoms with Gasteiger partial charge >= 0.3 is 5.69 Å². The Balaban J connectivity index is 2.03. The van der Waals surface area contributed by atoms with Gasteiger partial charge in [-0.25, -0.2) is 4.79 Å². The fourth-order valence-electron chi connectivity index (χ4n) is 4.13. The summed E-state index contributed by atoms with van der Waals surface area (Å²) in [6.45, 7) is 6.19. The second-order valence-electron chi connectivity index (χ2n) is 8.20. The topological polar surface area (TPSA) is 94.1 Å². The number of hydrogen-bond acceptors (Lipinski definition) is 4. The summed E-state index contributed by atoms with van der Waals surface area (Å²) >= 11 is 0. The molecule has 0 saturated heterocycles. The van der Waals surface area contributed by atoms with Gasteiger partial charge in [0.25, 0.3) is 5.56 Å². The Morgan fingerprint density at radius 1 is 1.15 bits per heavy atom. The summed E-state index contributed by atoms with van der Waals surface area (Å²) in [4.78, 5) is 32.9. The highest BCUT2D eigenvalue weighted by atomic mass is 16.3. The first kappa shape index (κ1) is 17.6. The third kappa shape index (κ3) is 2.61. The maximum Gasteiger partial charge on any atom is 0.331 e. The molecule has 7 heteroatoms. The van der Waals surface area contributed by atoms with Gasteiger partial charge < -0.3 is 10.1 Å². The number of hydrogen-bond donors (Lipinski definition) is 3. The quantitative estimate of drug-likeness (QED) is 0.613. The molecule has 3 heterocycles. The van der Waals surface area contributed by atoms with Gasteiger partial charge in [0.1, 0.15) is 5.56 Å². The molecule has 0 aliphatic carbocycles. The van der Waals surface area contributed by atoms with E-state index in [1.807, 2.05) is 50.9 Å². The Hall–Kier alpha value is -2.80. The van der Waals surface area contributed by atoms with E-state index in [0.29, 0.717) is 0 Å². The molecule has 0 saturated carbocycles. The minimum atomic E-state index is -0.670. The summed E-state index contributed by atoms with van der Waals surface area (Å²) in [5.41, 5.74) is 1.41. The van der Waals surface area contributed by atoms with Crippen LogP contribution in [0.3, 0.4) is 0 Å². The van der Waals surface area contributed by atoms with Crippen LogP contribution in [-0.2, 0) is 12.0 Å². The van der Waals surface area contributed by atoms with Gasteiger partial charge in [-0.2, -0.15) is 0 Å². The summed E-state index contributed by atoms with van der Waals surface area (Å²) in [7, 11) is 1.92. The van der Waals surface area contributed by atoms with Gasteiger partial charge in [-0.1, -0.05) is 18.2 Å². The molecule has 0 radical (unpaired) electrons. The minimum Gasteiger partial charge on any atom is -0.494 e. The first-order valence-corrected chi connectivity index (χ1v) is 9.08. The molecule has 3 N–H and O–H groups in total. The van der Waals surface area contributed by atoms with Crippen LogP contribution in [0.4, 0.5) is 0 Å². The predicted molar refractivity (Wildman–Crippen MR) is 104 cm³/mol. The van der Waals surface area contributed by atoms with Crippen molar-refractivity contribution in [3.63, 3.8) is 0 Å². The molecule has 1 aliphatic heterocycles. The Labute approximate surface area is 156 Å². The Bertz CT molecular complexity index is 1150. The number of aromatic hydroxyl groups is 1. The fraction of sp³-hybridized carbons (Fsp3) is 0.400. The minimum absolute atomic E-state index is 0.194.